The van der Waals surface area contributed by atoms with E-state index < -0.39 is 15.9 Å². The van der Waals surface area contributed by atoms with Crippen LogP contribution in [0.15, 0.2) is 58.7 Å². The standard InChI is InChI=1S/C22H25NO5S/c1-3-19(27-4-2)16-22-23(13-8-14-29(24,25)26)20-15-18(11-12-21(20)28-22)17-9-6-5-7-10-17/h5-7,9-12,15-16H,3-4,8,13-14H2,1-2H3/b19-16-. The van der Waals surface area contributed by atoms with Crippen LogP contribution in [0.25, 0.3) is 28.3 Å². The van der Waals surface area contributed by atoms with E-state index in [1.807, 2.05) is 73.0 Å². The highest BCUT2D eigenvalue weighted by molar-refractivity contribution is 7.85. The number of hydrogen-bond acceptors (Lipinski definition) is 5. The molecule has 1 heterocycles. The number of hydrogen-bond donors (Lipinski definition) is 0. The van der Waals surface area contributed by atoms with Crippen molar-refractivity contribution in [3.8, 4) is 11.1 Å². The summed E-state index contributed by atoms with van der Waals surface area (Å²) in [5.41, 5.74) is 3.63. The van der Waals surface area contributed by atoms with E-state index >= 15 is 0 Å². The molecule has 29 heavy (non-hydrogen) atoms. The van der Waals surface area contributed by atoms with Gasteiger partial charge in [0, 0.05) is 24.7 Å². The SMILES string of the molecule is CCO/C(=C\c1oc2ccc(-c3ccccc3)cc2[n+]1CCCS(=O)(=O)[O-])CC. The van der Waals surface area contributed by atoms with E-state index in [1.54, 1.807) is 0 Å². The van der Waals surface area contributed by atoms with Crippen molar-refractivity contribution < 1.29 is 26.7 Å². The fraction of sp³-hybridized carbons (Fsp3) is 0.318. The molecule has 0 radical (unpaired) electrons. The molecule has 0 aliphatic rings. The van der Waals surface area contributed by atoms with Crippen molar-refractivity contribution in [2.24, 2.45) is 0 Å². The van der Waals surface area contributed by atoms with Gasteiger partial charge in [-0.15, -0.1) is 0 Å². The monoisotopic (exact) mass is 415 g/mol. The summed E-state index contributed by atoms with van der Waals surface area (Å²) < 4.78 is 46.7. The Labute approximate surface area is 171 Å². The first kappa shape index (κ1) is 21.1. The van der Waals surface area contributed by atoms with Gasteiger partial charge in [-0.05, 0) is 24.1 Å². The van der Waals surface area contributed by atoms with Crippen molar-refractivity contribution in [2.75, 3.05) is 12.4 Å². The van der Waals surface area contributed by atoms with Crippen LogP contribution in [0.2, 0.25) is 0 Å². The molecule has 3 rings (SSSR count). The molecule has 0 atom stereocenters. The topological polar surface area (TPSA) is 83.5 Å². The van der Waals surface area contributed by atoms with Gasteiger partial charge in [0.25, 0.3) is 5.52 Å². The van der Waals surface area contributed by atoms with Gasteiger partial charge >= 0.3 is 5.89 Å². The van der Waals surface area contributed by atoms with Gasteiger partial charge in [-0.3, -0.25) is 0 Å². The Kier molecular flexibility index (Phi) is 6.71. The molecule has 0 saturated heterocycles. The van der Waals surface area contributed by atoms with Crippen LogP contribution >= 0.6 is 0 Å². The maximum Gasteiger partial charge on any atom is 0.377 e. The van der Waals surface area contributed by atoms with Crippen molar-refractivity contribution in [1.82, 2.24) is 0 Å². The molecule has 7 heteroatoms. The summed E-state index contributed by atoms with van der Waals surface area (Å²) in [6.07, 6.45) is 2.74. The number of nitrogens with zero attached hydrogens (tertiary/aromatic N) is 1. The summed E-state index contributed by atoms with van der Waals surface area (Å²) in [5.74, 6) is 0.930. The van der Waals surface area contributed by atoms with Crippen LogP contribution in [0.4, 0.5) is 0 Å². The number of fused-ring (bicyclic) bond motifs is 1. The molecule has 0 amide bonds. The molecule has 0 saturated carbocycles. The van der Waals surface area contributed by atoms with E-state index in [1.165, 1.54) is 0 Å². The molecule has 0 aliphatic carbocycles. The van der Waals surface area contributed by atoms with Crippen LogP contribution in [0.3, 0.4) is 0 Å². The Morgan fingerprint density at radius 2 is 1.90 bits per heavy atom. The molecule has 3 aromatic rings. The molecule has 0 unspecified atom stereocenters. The first-order valence-electron chi connectivity index (χ1n) is 9.70. The third-order valence-electron chi connectivity index (χ3n) is 4.58. The molecule has 0 spiro atoms. The van der Waals surface area contributed by atoms with Gasteiger partial charge in [-0.1, -0.05) is 43.3 Å². The van der Waals surface area contributed by atoms with E-state index in [9.17, 15) is 13.0 Å². The number of oxazole rings is 1. The van der Waals surface area contributed by atoms with E-state index in [2.05, 4.69) is 0 Å². The van der Waals surface area contributed by atoms with Gasteiger partial charge in [0.2, 0.25) is 5.58 Å². The lowest BCUT2D eigenvalue weighted by Gasteiger charge is -2.05. The highest BCUT2D eigenvalue weighted by atomic mass is 32.2. The third kappa shape index (κ3) is 5.46. The average Bonchev–Trinajstić information content (AvgIpc) is 3.04. The summed E-state index contributed by atoms with van der Waals surface area (Å²) in [5, 5.41) is 0. The van der Waals surface area contributed by atoms with Crippen molar-refractivity contribution in [2.45, 2.75) is 33.2 Å². The minimum absolute atomic E-state index is 0.206. The fourth-order valence-electron chi connectivity index (χ4n) is 3.22. The zero-order chi connectivity index (χ0) is 20.9. The summed E-state index contributed by atoms with van der Waals surface area (Å²) in [7, 11) is -4.26. The van der Waals surface area contributed by atoms with Crippen molar-refractivity contribution >= 4 is 27.3 Å². The Morgan fingerprint density at radius 1 is 1.14 bits per heavy atom. The summed E-state index contributed by atoms with van der Waals surface area (Å²) in [6.45, 7) is 4.81. The van der Waals surface area contributed by atoms with Crippen molar-refractivity contribution in [1.29, 1.82) is 0 Å². The second kappa shape index (κ2) is 9.24. The molecule has 0 bridgehead atoms. The van der Waals surface area contributed by atoms with Gasteiger partial charge in [-0.25, -0.2) is 8.42 Å². The van der Waals surface area contributed by atoms with E-state index in [4.69, 9.17) is 9.15 Å². The maximum atomic E-state index is 11.0. The Bertz CT molecular complexity index is 1100. The number of aryl methyl sites for hydroxylation is 1. The highest BCUT2D eigenvalue weighted by Gasteiger charge is 2.22. The summed E-state index contributed by atoms with van der Waals surface area (Å²) in [6, 6.07) is 15.9. The van der Waals surface area contributed by atoms with Crippen LogP contribution < -0.4 is 4.57 Å². The molecule has 0 fully saturated rings. The van der Waals surface area contributed by atoms with Crippen LogP contribution in [-0.4, -0.2) is 25.3 Å². The zero-order valence-electron chi connectivity index (χ0n) is 16.6. The third-order valence-corrected chi connectivity index (χ3v) is 5.36. The number of benzene rings is 2. The molecule has 6 nitrogen and oxygen atoms in total. The largest absolute Gasteiger partial charge is 0.748 e. The lowest BCUT2D eigenvalue weighted by atomic mass is 10.1. The first-order valence-corrected chi connectivity index (χ1v) is 11.3. The molecule has 154 valence electrons. The average molecular weight is 416 g/mol. The highest BCUT2D eigenvalue weighted by Crippen LogP contribution is 2.25. The maximum absolute atomic E-state index is 11.0. The Morgan fingerprint density at radius 3 is 2.55 bits per heavy atom. The van der Waals surface area contributed by atoms with Crippen LogP contribution in [0.5, 0.6) is 0 Å². The van der Waals surface area contributed by atoms with E-state index in [0.717, 1.165) is 22.4 Å². The Hall–Kier alpha value is -2.64. The predicted octanol–water partition coefficient (Wildman–Crippen LogP) is 4.11. The minimum atomic E-state index is -4.26. The molecular formula is C22H25NO5S. The summed E-state index contributed by atoms with van der Waals surface area (Å²) in [4.78, 5) is 0. The number of rotatable bonds is 9. The normalized spacial score (nSPS) is 12.4. The quantitative estimate of drug-likeness (QED) is 0.298. The number of allylic oxidation sites excluding steroid dienone is 1. The lowest BCUT2D eigenvalue weighted by molar-refractivity contribution is -0.677. The molecular weight excluding hydrogens is 390 g/mol. The minimum Gasteiger partial charge on any atom is -0.748 e. The van der Waals surface area contributed by atoms with Crippen LogP contribution in [0.1, 0.15) is 32.6 Å². The first-order chi connectivity index (χ1) is 13.9. The predicted molar refractivity (Wildman–Crippen MR) is 111 cm³/mol. The van der Waals surface area contributed by atoms with Crippen molar-refractivity contribution in [3.05, 3.63) is 60.2 Å². The number of ether oxygens (including phenoxy) is 1. The van der Waals surface area contributed by atoms with Gasteiger partial charge in [0.15, 0.2) is 6.54 Å². The zero-order valence-corrected chi connectivity index (χ0v) is 17.4. The molecule has 0 N–H and O–H groups in total. The Balaban J connectivity index is 2.07. The lowest BCUT2D eigenvalue weighted by Crippen LogP contribution is -2.36. The fourth-order valence-corrected chi connectivity index (χ4v) is 3.70. The van der Waals surface area contributed by atoms with Crippen LogP contribution in [0, 0.1) is 0 Å². The van der Waals surface area contributed by atoms with Crippen molar-refractivity contribution in [3.63, 3.8) is 0 Å². The van der Waals surface area contributed by atoms with Gasteiger partial charge in [-0.2, -0.15) is 4.57 Å². The van der Waals surface area contributed by atoms with Gasteiger partial charge in [0.1, 0.15) is 5.76 Å². The smallest absolute Gasteiger partial charge is 0.377 e. The molecule has 0 aliphatic heterocycles. The van der Waals surface area contributed by atoms with E-state index in [0.29, 0.717) is 31.0 Å². The van der Waals surface area contributed by atoms with Gasteiger partial charge < -0.3 is 13.7 Å². The molecule has 2 aromatic carbocycles. The number of aromatic nitrogens is 1. The second-order valence-corrected chi connectivity index (χ2v) is 8.18. The summed E-state index contributed by atoms with van der Waals surface area (Å²) >= 11 is 0. The van der Waals surface area contributed by atoms with Crippen LogP contribution in [-0.2, 0) is 21.4 Å². The second-order valence-electron chi connectivity index (χ2n) is 6.65. The van der Waals surface area contributed by atoms with E-state index in [-0.39, 0.29) is 6.42 Å². The molecule has 1 aromatic heterocycles. The van der Waals surface area contributed by atoms with Gasteiger partial charge in [0.05, 0.1) is 22.8 Å².